The molecule has 2 aromatic carbocycles. The second-order valence-corrected chi connectivity index (χ2v) is 8.39. The fraction of sp³-hybridized carbons (Fsp3) is 0.333. The van der Waals surface area contributed by atoms with Gasteiger partial charge in [-0.1, -0.05) is 47.5 Å². The largest absolute Gasteiger partial charge is 0.466 e. The maximum atomic E-state index is 12.8. The molecule has 0 amide bonds. The Balaban J connectivity index is 1.68. The van der Waals surface area contributed by atoms with Crippen molar-refractivity contribution in [3.05, 3.63) is 81.5 Å². The Labute approximate surface area is 196 Å². The maximum Gasteiger partial charge on any atom is 0.315 e. The van der Waals surface area contributed by atoms with Gasteiger partial charge in [0.1, 0.15) is 12.2 Å². The van der Waals surface area contributed by atoms with Crippen LogP contribution < -0.4 is 0 Å². The van der Waals surface area contributed by atoms with Crippen LogP contribution in [-0.4, -0.2) is 28.6 Å². The Hall–Kier alpha value is -2.70. The summed E-state index contributed by atoms with van der Waals surface area (Å²) < 4.78 is 10.5. The first-order chi connectivity index (χ1) is 15.4. The van der Waals surface area contributed by atoms with Gasteiger partial charge in [-0.05, 0) is 54.7 Å². The van der Waals surface area contributed by atoms with Crippen LogP contribution >= 0.6 is 23.2 Å². The van der Waals surface area contributed by atoms with Gasteiger partial charge in [0.25, 0.3) is 0 Å². The van der Waals surface area contributed by atoms with Crippen molar-refractivity contribution in [3.63, 3.8) is 0 Å². The molecule has 8 heteroatoms. The first kappa shape index (κ1) is 24.0. The van der Waals surface area contributed by atoms with Gasteiger partial charge in [-0.2, -0.15) is 0 Å². The van der Waals surface area contributed by atoms with Crippen LogP contribution in [0.4, 0.5) is 0 Å². The number of carbonyl (C=O) groups excluding carboxylic acids is 2. The van der Waals surface area contributed by atoms with Gasteiger partial charge >= 0.3 is 5.97 Å². The van der Waals surface area contributed by atoms with Crippen LogP contribution in [0.25, 0.3) is 0 Å². The standard InChI is InChI=1S/C24H24Cl2N2O4/c1-2-31-24(30)15-23-28-27-22(32-23)14-18(11-16-3-7-19(25)8-4-16)13-21(29)12-17-5-9-20(26)10-6-17/h3-10,18H,2,11-15H2,1H3/t18-/m1/s1. The Morgan fingerprint density at radius 1 is 0.875 bits per heavy atom. The molecule has 32 heavy (non-hydrogen) atoms. The lowest BCUT2D eigenvalue weighted by molar-refractivity contribution is -0.142. The Morgan fingerprint density at radius 2 is 1.47 bits per heavy atom. The van der Waals surface area contributed by atoms with E-state index in [0.717, 1.165) is 11.1 Å². The van der Waals surface area contributed by atoms with Crippen LogP contribution in [0.5, 0.6) is 0 Å². The van der Waals surface area contributed by atoms with Crippen LogP contribution in [0.1, 0.15) is 36.3 Å². The summed E-state index contributed by atoms with van der Waals surface area (Å²) in [5, 5.41) is 9.28. The fourth-order valence-electron chi connectivity index (χ4n) is 3.42. The molecule has 1 aromatic heterocycles. The Morgan fingerprint density at radius 3 is 2.09 bits per heavy atom. The van der Waals surface area contributed by atoms with Crippen molar-refractivity contribution in [2.45, 2.75) is 39.0 Å². The summed E-state index contributed by atoms with van der Waals surface area (Å²) in [4.78, 5) is 24.4. The topological polar surface area (TPSA) is 82.3 Å². The average molecular weight is 475 g/mol. The van der Waals surface area contributed by atoms with Crippen molar-refractivity contribution in [3.8, 4) is 0 Å². The second kappa shape index (κ2) is 11.8. The minimum atomic E-state index is -0.418. The van der Waals surface area contributed by atoms with E-state index >= 15 is 0 Å². The van der Waals surface area contributed by atoms with E-state index in [1.54, 1.807) is 19.1 Å². The second-order valence-electron chi connectivity index (χ2n) is 7.52. The summed E-state index contributed by atoms with van der Waals surface area (Å²) in [7, 11) is 0. The van der Waals surface area contributed by atoms with Gasteiger partial charge < -0.3 is 9.15 Å². The molecule has 0 N–H and O–H groups in total. The molecule has 0 radical (unpaired) electrons. The van der Waals surface area contributed by atoms with Crippen molar-refractivity contribution in [1.82, 2.24) is 10.2 Å². The predicted molar refractivity (Wildman–Crippen MR) is 122 cm³/mol. The Bertz CT molecular complexity index is 1030. The molecule has 0 unspecified atom stereocenters. The van der Waals surface area contributed by atoms with E-state index in [1.165, 1.54) is 0 Å². The number of halogens is 2. The summed E-state index contributed by atoms with van der Waals surface area (Å²) in [6.07, 6.45) is 1.68. The van der Waals surface area contributed by atoms with E-state index in [9.17, 15) is 9.59 Å². The van der Waals surface area contributed by atoms with E-state index in [0.29, 0.717) is 48.2 Å². The van der Waals surface area contributed by atoms with Gasteiger partial charge in [0.05, 0.1) is 6.61 Å². The van der Waals surface area contributed by atoms with Crippen LogP contribution in [0.15, 0.2) is 52.9 Å². The smallest absolute Gasteiger partial charge is 0.315 e. The fourth-order valence-corrected chi connectivity index (χ4v) is 3.67. The van der Waals surface area contributed by atoms with Crippen LogP contribution in [0.2, 0.25) is 10.0 Å². The van der Waals surface area contributed by atoms with E-state index in [-0.39, 0.29) is 24.0 Å². The normalized spacial score (nSPS) is 11.8. The van der Waals surface area contributed by atoms with E-state index in [2.05, 4.69) is 10.2 Å². The highest BCUT2D eigenvalue weighted by molar-refractivity contribution is 6.30. The van der Waals surface area contributed by atoms with E-state index < -0.39 is 5.97 Å². The Kier molecular flexibility index (Phi) is 8.82. The van der Waals surface area contributed by atoms with E-state index in [1.807, 2.05) is 36.4 Å². The molecule has 0 aliphatic heterocycles. The third kappa shape index (κ3) is 7.77. The number of carbonyl (C=O) groups is 2. The summed E-state index contributed by atoms with van der Waals surface area (Å²) >= 11 is 11.9. The monoisotopic (exact) mass is 474 g/mol. The molecule has 1 heterocycles. The summed E-state index contributed by atoms with van der Waals surface area (Å²) in [5.41, 5.74) is 1.98. The van der Waals surface area contributed by atoms with Crippen LogP contribution in [0.3, 0.4) is 0 Å². The molecule has 168 valence electrons. The minimum Gasteiger partial charge on any atom is -0.466 e. The predicted octanol–water partition coefficient (Wildman–Crippen LogP) is 5.09. The lowest BCUT2D eigenvalue weighted by Crippen LogP contribution is -2.16. The zero-order valence-corrected chi connectivity index (χ0v) is 19.2. The molecule has 3 rings (SSSR count). The zero-order chi connectivity index (χ0) is 22.9. The first-order valence-electron chi connectivity index (χ1n) is 10.4. The third-order valence-electron chi connectivity index (χ3n) is 4.84. The molecule has 0 saturated carbocycles. The molecule has 3 aromatic rings. The highest BCUT2D eigenvalue weighted by Gasteiger charge is 2.20. The van der Waals surface area contributed by atoms with Crippen LogP contribution in [0, 0.1) is 5.92 Å². The number of nitrogens with zero attached hydrogens (tertiary/aromatic N) is 2. The minimum absolute atomic E-state index is 0.0492. The SMILES string of the molecule is CCOC(=O)Cc1nnc(C[C@@H](CC(=O)Cc2ccc(Cl)cc2)Cc2ccc(Cl)cc2)o1. The molecular weight excluding hydrogens is 451 g/mol. The summed E-state index contributed by atoms with van der Waals surface area (Å²) in [5.74, 6) is 0.238. The molecule has 0 aliphatic carbocycles. The van der Waals surface area contributed by atoms with Crippen molar-refractivity contribution in [2.75, 3.05) is 6.61 Å². The number of hydrogen-bond acceptors (Lipinski definition) is 6. The quantitative estimate of drug-likeness (QED) is 0.360. The number of ketones is 1. The summed E-state index contributed by atoms with van der Waals surface area (Å²) in [6, 6.07) is 14.8. The number of Topliss-reactive ketones (excluding diaryl/α,β-unsaturated/α-hetero) is 1. The van der Waals surface area contributed by atoms with Crippen molar-refractivity contribution in [2.24, 2.45) is 5.92 Å². The van der Waals surface area contributed by atoms with Gasteiger partial charge in [0.2, 0.25) is 11.8 Å². The average Bonchev–Trinajstić information content (AvgIpc) is 3.18. The number of aromatic nitrogens is 2. The third-order valence-corrected chi connectivity index (χ3v) is 5.35. The van der Waals surface area contributed by atoms with Gasteiger partial charge in [0.15, 0.2) is 0 Å². The van der Waals surface area contributed by atoms with Crippen molar-refractivity contribution >= 4 is 35.0 Å². The molecule has 0 saturated heterocycles. The van der Waals surface area contributed by atoms with Crippen molar-refractivity contribution < 1.29 is 18.7 Å². The molecule has 6 nitrogen and oxygen atoms in total. The van der Waals surface area contributed by atoms with Gasteiger partial charge in [0, 0.05) is 29.3 Å². The zero-order valence-electron chi connectivity index (χ0n) is 17.7. The molecule has 0 fully saturated rings. The first-order valence-corrected chi connectivity index (χ1v) is 11.1. The lowest BCUT2D eigenvalue weighted by atomic mass is 9.90. The molecular formula is C24H24Cl2N2O4. The number of ether oxygens (including phenoxy) is 1. The molecule has 0 spiro atoms. The van der Waals surface area contributed by atoms with Crippen molar-refractivity contribution in [1.29, 1.82) is 0 Å². The molecule has 0 aliphatic rings. The van der Waals surface area contributed by atoms with Gasteiger partial charge in [-0.3, -0.25) is 9.59 Å². The summed E-state index contributed by atoms with van der Waals surface area (Å²) in [6.45, 7) is 2.03. The molecule has 1 atom stereocenters. The highest BCUT2D eigenvalue weighted by Crippen LogP contribution is 2.21. The van der Waals surface area contributed by atoms with Crippen LogP contribution in [-0.2, 0) is 40.0 Å². The van der Waals surface area contributed by atoms with E-state index in [4.69, 9.17) is 32.4 Å². The number of benzene rings is 2. The van der Waals surface area contributed by atoms with Gasteiger partial charge in [-0.15, -0.1) is 10.2 Å². The molecule has 0 bridgehead atoms. The number of hydrogen-bond donors (Lipinski definition) is 0. The van der Waals surface area contributed by atoms with Gasteiger partial charge in [-0.25, -0.2) is 0 Å². The number of rotatable bonds is 11. The highest BCUT2D eigenvalue weighted by atomic mass is 35.5. The number of esters is 1. The lowest BCUT2D eigenvalue weighted by Gasteiger charge is -2.15. The maximum absolute atomic E-state index is 12.8.